The molecule has 0 aliphatic heterocycles. The molecule has 0 bridgehead atoms. The Kier molecular flexibility index (Phi) is 4.86. The van der Waals surface area contributed by atoms with E-state index in [1.165, 1.54) is 0 Å². The quantitative estimate of drug-likeness (QED) is 0.907. The lowest BCUT2D eigenvalue weighted by molar-refractivity contribution is 0.239. The van der Waals surface area contributed by atoms with Crippen molar-refractivity contribution in [2.24, 2.45) is 5.73 Å². The van der Waals surface area contributed by atoms with Gasteiger partial charge in [0.15, 0.2) is 0 Å². The zero-order chi connectivity index (χ0) is 15.4. The summed E-state index contributed by atoms with van der Waals surface area (Å²) in [7, 11) is 1.67. The maximum atomic E-state index is 6.43. The van der Waals surface area contributed by atoms with Crippen molar-refractivity contribution in [1.29, 1.82) is 0 Å². The van der Waals surface area contributed by atoms with E-state index in [1.807, 2.05) is 63.2 Å². The van der Waals surface area contributed by atoms with Crippen LogP contribution in [0, 0.1) is 6.92 Å². The van der Waals surface area contributed by atoms with E-state index < -0.39 is 0 Å². The highest BCUT2D eigenvalue weighted by Crippen LogP contribution is 2.31. The van der Waals surface area contributed by atoms with Gasteiger partial charge in [-0.15, -0.1) is 0 Å². The molecule has 0 fully saturated rings. The lowest BCUT2D eigenvalue weighted by Gasteiger charge is -2.20. The fourth-order valence-electron chi connectivity index (χ4n) is 2.31. The Bertz CT molecular complexity index is 608. The fraction of sp³-hybridized carbons (Fsp3) is 0.333. The number of rotatable bonds is 5. The number of aryl methyl sites for hydroxylation is 1. The third-order valence-corrected chi connectivity index (χ3v) is 3.41. The third-order valence-electron chi connectivity index (χ3n) is 3.41. The summed E-state index contributed by atoms with van der Waals surface area (Å²) < 4.78 is 11.2. The lowest BCUT2D eigenvalue weighted by Crippen LogP contribution is -2.15. The van der Waals surface area contributed by atoms with Gasteiger partial charge in [-0.3, -0.25) is 0 Å². The number of para-hydroxylation sites is 1. The van der Waals surface area contributed by atoms with Gasteiger partial charge in [-0.1, -0.05) is 30.3 Å². The molecule has 1 unspecified atom stereocenters. The molecule has 2 rings (SSSR count). The molecule has 0 aliphatic carbocycles. The highest BCUT2D eigenvalue weighted by molar-refractivity contribution is 5.45. The maximum Gasteiger partial charge on any atom is 0.124 e. The number of nitrogens with two attached hydrogens (primary N) is 1. The van der Waals surface area contributed by atoms with Gasteiger partial charge in [0, 0.05) is 5.56 Å². The summed E-state index contributed by atoms with van der Waals surface area (Å²) in [4.78, 5) is 0. The first-order valence-electron chi connectivity index (χ1n) is 7.18. The molecule has 3 nitrogen and oxygen atoms in total. The molecule has 0 spiro atoms. The van der Waals surface area contributed by atoms with Gasteiger partial charge >= 0.3 is 0 Å². The second-order valence-electron chi connectivity index (χ2n) is 5.41. The Morgan fingerprint density at radius 3 is 2.38 bits per heavy atom. The van der Waals surface area contributed by atoms with Gasteiger partial charge in [0.25, 0.3) is 0 Å². The number of hydrogen-bond acceptors (Lipinski definition) is 3. The molecule has 2 aromatic carbocycles. The van der Waals surface area contributed by atoms with Gasteiger partial charge in [-0.2, -0.15) is 0 Å². The smallest absolute Gasteiger partial charge is 0.124 e. The van der Waals surface area contributed by atoms with Crippen LogP contribution in [-0.2, 0) is 0 Å². The molecule has 2 aromatic rings. The van der Waals surface area contributed by atoms with Crippen LogP contribution in [0.4, 0.5) is 0 Å². The van der Waals surface area contributed by atoms with Crippen LogP contribution in [0.3, 0.4) is 0 Å². The summed E-state index contributed by atoms with van der Waals surface area (Å²) in [6.45, 7) is 6.04. The third kappa shape index (κ3) is 3.56. The first kappa shape index (κ1) is 15.4. The van der Waals surface area contributed by atoms with Crippen molar-refractivity contribution >= 4 is 0 Å². The molecule has 0 saturated heterocycles. The zero-order valence-corrected chi connectivity index (χ0v) is 13.1. The van der Waals surface area contributed by atoms with Crippen molar-refractivity contribution in [3.05, 3.63) is 59.2 Å². The first-order chi connectivity index (χ1) is 10.0. The molecule has 0 radical (unpaired) electrons. The van der Waals surface area contributed by atoms with E-state index in [1.54, 1.807) is 7.11 Å². The van der Waals surface area contributed by atoms with E-state index in [9.17, 15) is 0 Å². The van der Waals surface area contributed by atoms with Crippen LogP contribution in [0.15, 0.2) is 42.5 Å². The van der Waals surface area contributed by atoms with Crippen LogP contribution in [0.1, 0.15) is 36.6 Å². The zero-order valence-electron chi connectivity index (χ0n) is 13.1. The summed E-state index contributed by atoms with van der Waals surface area (Å²) in [5.41, 5.74) is 9.52. The average Bonchev–Trinajstić information content (AvgIpc) is 2.47. The SMILES string of the molecule is COc1cc(C(N)c2ccccc2OC(C)C)ccc1C. The molecule has 0 saturated carbocycles. The summed E-state index contributed by atoms with van der Waals surface area (Å²) in [5, 5.41) is 0. The minimum Gasteiger partial charge on any atom is -0.496 e. The van der Waals surface area contributed by atoms with Gasteiger partial charge in [0.05, 0.1) is 19.3 Å². The van der Waals surface area contributed by atoms with Crippen LogP contribution in [0.25, 0.3) is 0 Å². The summed E-state index contributed by atoms with van der Waals surface area (Å²) in [5.74, 6) is 1.68. The van der Waals surface area contributed by atoms with Gasteiger partial charge in [-0.25, -0.2) is 0 Å². The van der Waals surface area contributed by atoms with E-state index in [2.05, 4.69) is 0 Å². The highest BCUT2D eigenvalue weighted by Gasteiger charge is 2.16. The monoisotopic (exact) mass is 285 g/mol. The molecule has 0 heterocycles. The van der Waals surface area contributed by atoms with Crippen molar-refractivity contribution in [1.82, 2.24) is 0 Å². The first-order valence-corrected chi connectivity index (χ1v) is 7.18. The highest BCUT2D eigenvalue weighted by atomic mass is 16.5. The predicted octanol–water partition coefficient (Wildman–Crippen LogP) is 3.84. The summed E-state index contributed by atoms with van der Waals surface area (Å²) >= 11 is 0. The van der Waals surface area contributed by atoms with E-state index >= 15 is 0 Å². The van der Waals surface area contributed by atoms with Crippen LogP contribution in [0.2, 0.25) is 0 Å². The van der Waals surface area contributed by atoms with E-state index in [0.29, 0.717) is 0 Å². The number of hydrogen-bond donors (Lipinski definition) is 1. The Morgan fingerprint density at radius 1 is 1.00 bits per heavy atom. The minimum atomic E-state index is -0.241. The molecule has 0 aromatic heterocycles. The summed E-state index contributed by atoms with van der Waals surface area (Å²) in [6, 6.07) is 13.7. The van der Waals surface area contributed by atoms with Crippen molar-refractivity contribution in [3.63, 3.8) is 0 Å². The fourth-order valence-corrected chi connectivity index (χ4v) is 2.31. The van der Waals surface area contributed by atoms with Gasteiger partial charge in [-0.05, 0) is 44.0 Å². The Labute approximate surface area is 126 Å². The van der Waals surface area contributed by atoms with Crippen molar-refractivity contribution in [2.45, 2.75) is 32.9 Å². The van der Waals surface area contributed by atoms with Crippen LogP contribution < -0.4 is 15.2 Å². The topological polar surface area (TPSA) is 44.5 Å². The van der Waals surface area contributed by atoms with Crippen LogP contribution in [-0.4, -0.2) is 13.2 Å². The molecule has 3 heteroatoms. The number of benzene rings is 2. The minimum absolute atomic E-state index is 0.117. The molecule has 0 aliphatic rings. The Morgan fingerprint density at radius 2 is 1.71 bits per heavy atom. The van der Waals surface area contributed by atoms with E-state index in [0.717, 1.165) is 28.2 Å². The predicted molar refractivity (Wildman–Crippen MR) is 86.0 cm³/mol. The lowest BCUT2D eigenvalue weighted by atomic mass is 9.97. The van der Waals surface area contributed by atoms with E-state index in [4.69, 9.17) is 15.2 Å². The maximum absolute atomic E-state index is 6.43. The molecule has 2 N–H and O–H groups in total. The summed E-state index contributed by atoms with van der Waals surface area (Å²) in [6.07, 6.45) is 0.117. The second kappa shape index (κ2) is 6.64. The van der Waals surface area contributed by atoms with Crippen molar-refractivity contribution in [2.75, 3.05) is 7.11 Å². The molecule has 21 heavy (non-hydrogen) atoms. The van der Waals surface area contributed by atoms with E-state index in [-0.39, 0.29) is 12.1 Å². The van der Waals surface area contributed by atoms with Gasteiger partial charge in [0.2, 0.25) is 0 Å². The standard InChI is InChI=1S/C18H23NO2/c1-12(2)21-16-8-6-5-7-15(16)18(19)14-10-9-13(3)17(11-14)20-4/h5-12,18H,19H2,1-4H3. The largest absolute Gasteiger partial charge is 0.496 e. The van der Waals surface area contributed by atoms with Gasteiger partial charge in [0.1, 0.15) is 11.5 Å². The average molecular weight is 285 g/mol. The normalized spacial score (nSPS) is 12.3. The molecular formula is C18H23NO2. The van der Waals surface area contributed by atoms with Crippen LogP contribution >= 0.6 is 0 Å². The van der Waals surface area contributed by atoms with Gasteiger partial charge < -0.3 is 15.2 Å². The second-order valence-corrected chi connectivity index (χ2v) is 5.41. The molecular weight excluding hydrogens is 262 g/mol. The van der Waals surface area contributed by atoms with Crippen LogP contribution in [0.5, 0.6) is 11.5 Å². The number of ether oxygens (including phenoxy) is 2. The van der Waals surface area contributed by atoms with Crippen molar-refractivity contribution < 1.29 is 9.47 Å². The Balaban J connectivity index is 2.38. The Hall–Kier alpha value is -2.00. The van der Waals surface area contributed by atoms with Crippen molar-refractivity contribution in [3.8, 4) is 11.5 Å². The molecule has 1 atom stereocenters. The molecule has 0 amide bonds. The molecule has 112 valence electrons. The number of methoxy groups -OCH3 is 1.